The van der Waals surface area contributed by atoms with E-state index in [1.54, 1.807) is 11.1 Å². The molecule has 0 amide bonds. The molecule has 0 aliphatic heterocycles. The second-order valence-corrected chi connectivity index (χ2v) is 5.80. The maximum absolute atomic E-state index is 5.91. The molecule has 1 aliphatic rings. The second kappa shape index (κ2) is 6.42. The molecule has 1 aromatic rings. The van der Waals surface area contributed by atoms with Crippen molar-refractivity contribution >= 4 is 11.6 Å². The van der Waals surface area contributed by atoms with Crippen molar-refractivity contribution in [3.8, 4) is 0 Å². The van der Waals surface area contributed by atoms with Gasteiger partial charge >= 0.3 is 0 Å². The zero-order valence-electron chi connectivity index (χ0n) is 10.6. The molecule has 1 nitrogen and oxygen atoms in total. The standard InChI is InChI=1S/C15H22ClN/c1-12(16)4-3-9-17-11-13-7-8-14-5-2-6-15(14)10-13/h7-8,10,12,17H,2-6,9,11H2,1H3. The van der Waals surface area contributed by atoms with Crippen LogP contribution in [0.15, 0.2) is 18.2 Å². The van der Waals surface area contributed by atoms with Gasteiger partial charge in [-0.05, 0) is 62.3 Å². The molecular weight excluding hydrogens is 230 g/mol. The number of aryl methyl sites for hydroxylation is 2. The summed E-state index contributed by atoms with van der Waals surface area (Å²) in [6.07, 6.45) is 6.14. The van der Waals surface area contributed by atoms with Gasteiger partial charge in [-0.2, -0.15) is 0 Å². The predicted octanol–water partition coefficient (Wildman–Crippen LogP) is 3.67. The lowest BCUT2D eigenvalue weighted by Crippen LogP contribution is -2.15. The Hall–Kier alpha value is -0.530. The highest BCUT2D eigenvalue weighted by Gasteiger charge is 2.10. The first-order chi connectivity index (χ1) is 8.25. The molecular formula is C15H22ClN. The van der Waals surface area contributed by atoms with Crippen LogP contribution in [0.4, 0.5) is 0 Å². The summed E-state index contributed by atoms with van der Waals surface area (Å²) in [5.41, 5.74) is 4.55. The summed E-state index contributed by atoms with van der Waals surface area (Å²) in [7, 11) is 0. The molecule has 17 heavy (non-hydrogen) atoms. The van der Waals surface area contributed by atoms with E-state index in [0.717, 1.165) is 25.9 Å². The minimum atomic E-state index is 0.303. The summed E-state index contributed by atoms with van der Waals surface area (Å²) >= 11 is 5.91. The minimum Gasteiger partial charge on any atom is -0.313 e. The van der Waals surface area contributed by atoms with E-state index in [4.69, 9.17) is 11.6 Å². The smallest absolute Gasteiger partial charge is 0.0308 e. The fourth-order valence-corrected chi connectivity index (χ4v) is 2.63. The van der Waals surface area contributed by atoms with E-state index in [1.165, 1.54) is 24.8 Å². The molecule has 1 aromatic carbocycles. The van der Waals surface area contributed by atoms with E-state index in [9.17, 15) is 0 Å². The van der Waals surface area contributed by atoms with Gasteiger partial charge in [0, 0.05) is 11.9 Å². The number of alkyl halides is 1. The van der Waals surface area contributed by atoms with Crippen molar-refractivity contribution < 1.29 is 0 Å². The van der Waals surface area contributed by atoms with E-state index >= 15 is 0 Å². The number of halogens is 1. The SMILES string of the molecule is CC(Cl)CCCNCc1ccc2c(c1)CCC2. The average Bonchev–Trinajstić information content (AvgIpc) is 2.75. The van der Waals surface area contributed by atoms with Crippen LogP contribution in [0.5, 0.6) is 0 Å². The van der Waals surface area contributed by atoms with Crippen LogP contribution in [0.25, 0.3) is 0 Å². The quantitative estimate of drug-likeness (QED) is 0.601. The Morgan fingerprint density at radius 3 is 2.94 bits per heavy atom. The van der Waals surface area contributed by atoms with Crippen molar-refractivity contribution in [3.63, 3.8) is 0 Å². The molecule has 0 bridgehead atoms. The molecule has 1 atom stereocenters. The van der Waals surface area contributed by atoms with Crippen LogP contribution in [0, 0.1) is 0 Å². The zero-order chi connectivity index (χ0) is 12.1. The van der Waals surface area contributed by atoms with Gasteiger partial charge in [-0.25, -0.2) is 0 Å². The molecule has 0 saturated carbocycles. The normalized spacial score (nSPS) is 15.9. The van der Waals surface area contributed by atoms with Crippen molar-refractivity contribution in [2.45, 2.75) is 50.9 Å². The van der Waals surface area contributed by atoms with Crippen LogP contribution in [-0.2, 0) is 19.4 Å². The number of hydrogen-bond acceptors (Lipinski definition) is 1. The monoisotopic (exact) mass is 251 g/mol. The third-order valence-electron chi connectivity index (χ3n) is 3.45. The first-order valence-electron chi connectivity index (χ1n) is 6.71. The van der Waals surface area contributed by atoms with Gasteiger partial charge < -0.3 is 5.32 Å². The molecule has 1 unspecified atom stereocenters. The Labute approximate surface area is 110 Å². The molecule has 0 heterocycles. The van der Waals surface area contributed by atoms with E-state index in [1.807, 2.05) is 0 Å². The number of rotatable bonds is 6. The molecule has 0 aromatic heterocycles. The second-order valence-electron chi connectivity index (χ2n) is 5.06. The Kier molecular flexibility index (Phi) is 4.87. The van der Waals surface area contributed by atoms with Gasteiger partial charge in [-0.3, -0.25) is 0 Å². The summed E-state index contributed by atoms with van der Waals surface area (Å²) in [6, 6.07) is 6.95. The Balaban J connectivity index is 1.72. The third kappa shape index (κ3) is 4.01. The molecule has 0 saturated heterocycles. The largest absolute Gasteiger partial charge is 0.313 e. The maximum atomic E-state index is 5.91. The Morgan fingerprint density at radius 2 is 2.12 bits per heavy atom. The summed E-state index contributed by atoms with van der Waals surface area (Å²) in [5.74, 6) is 0. The maximum Gasteiger partial charge on any atom is 0.0308 e. The molecule has 0 spiro atoms. The molecule has 2 heteroatoms. The van der Waals surface area contributed by atoms with E-state index < -0.39 is 0 Å². The van der Waals surface area contributed by atoms with Gasteiger partial charge in [0.15, 0.2) is 0 Å². The van der Waals surface area contributed by atoms with Gasteiger partial charge in [-0.15, -0.1) is 11.6 Å². The van der Waals surface area contributed by atoms with Crippen LogP contribution in [0.2, 0.25) is 0 Å². The first kappa shape index (κ1) is 12.9. The Morgan fingerprint density at radius 1 is 1.29 bits per heavy atom. The fourth-order valence-electron chi connectivity index (χ4n) is 2.48. The summed E-state index contributed by atoms with van der Waals surface area (Å²) in [5, 5.41) is 3.79. The van der Waals surface area contributed by atoms with Gasteiger partial charge in [-0.1, -0.05) is 18.2 Å². The van der Waals surface area contributed by atoms with Gasteiger partial charge in [0.2, 0.25) is 0 Å². The Bertz CT molecular complexity index is 360. The number of hydrogen-bond donors (Lipinski definition) is 1. The molecule has 1 N–H and O–H groups in total. The van der Waals surface area contributed by atoms with Crippen molar-refractivity contribution in [1.82, 2.24) is 5.32 Å². The lowest BCUT2D eigenvalue weighted by atomic mass is 10.1. The molecule has 94 valence electrons. The van der Waals surface area contributed by atoms with Crippen molar-refractivity contribution in [3.05, 3.63) is 34.9 Å². The van der Waals surface area contributed by atoms with Gasteiger partial charge in [0.1, 0.15) is 0 Å². The van der Waals surface area contributed by atoms with Crippen LogP contribution in [-0.4, -0.2) is 11.9 Å². The minimum absolute atomic E-state index is 0.303. The molecule has 0 fully saturated rings. The fraction of sp³-hybridized carbons (Fsp3) is 0.600. The van der Waals surface area contributed by atoms with Crippen LogP contribution < -0.4 is 5.32 Å². The van der Waals surface area contributed by atoms with Crippen molar-refractivity contribution in [2.24, 2.45) is 0 Å². The highest BCUT2D eigenvalue weighted by Crippen LogP contribution is 2.22. The number of benzene rings is 1. The number of nitrogens with one attached hydrogen (secondary N) is 1. The zero-order valence-corrected chi connectivity index (χ0v) is 11.4. The van der Waals surface area contributed by atoms with Gasteiger partial charge in [0.05, 0.1) is 0 Å². The summed E-state index contributed by atoms with van der Waals surface area (Å²) < 4.78 is 0. The van der Waals surface area contributed by atoms with Crippen LogP contribution in [0.1, 0.15) is 42.9 Å². The third-order valence-corrected chi connectivity index (χ3v) is 3.67. The average molecular weight is 252 g/mol. The molecule has 1 aliphatic carbocycles. The van der Waals surface area contributed by atoms with E-state index in [0.29, 0.717) is 5.38 Å². The first-order valence-corrected chi connectivity index (χ1v) is 7.15. The highest BCUT2D eigenvalue weighted by atomic mass is 35.5. The molecule has 2 rings (SSSR count). The number of fused-ring (bicyclic) bond motifs is 1. The highest BCUT2D eigenvalue weighted by molar-refractivity contribution is 6.20. The van der Waals surface area contributed by atoms with E-state index in [-0.39, 0.29) is 0 Å². The van der Waals surface area contributed by atoms with Crippen LogP contribution in [0.3, 0.4) is 0 Å². The molecule has 0 radical (unpaired) electrons. The van der Waals surface area contributed by atoms with Crippen molar-refractivity contribution in [1.29, 1.82) is 0 Å². The lowest BCUT2D eigenvalue weighted by Gasteiger charge is -2.07. The summed E-state index contributed by atoms with van der Waals surface area (Å²) in [4.78, 5) is 0. The van der Waals surface area contributed by atoms with Gasteiger partial charge in [0.25, 0.3) is 0 Å². The van der Waals surface area contributed by atoms with E-state index in [2.05, 4.69) is 30.4 Å². The van der Waals surface area contributed by atoms with Crippen molar-refractivity contribution in [2.75, 3.05) is 6.54 Å². The topological polar surface area (TPSA) is 12.0 Å². The van der Waals surface area contributed by atoms with Crippen LogP contribution >= 0.6 is 11.6 Å². The predicted molar refractivity (Wildman–Crippen MR) is 74.7 cm³/mol. The summed E-state index contributed by atoms with van der Waals surface area (Å²) in [6.45, 7) is 4.11. The lowest BCUT2D eigenvalue weighted by molar-refractivity contribution is 0.619.